The van der Waals surface area contributed by atoms with Gasteiger partial charge in [-0.15, -0.1) is 0 Å². The van der Waals surface area contributed by atoms with Gasteiger partial charge in [-0.2, -0.15) is 13.2 Å². The van der Waals surface area contributed by atoms with Gasteiger partial charge in [0.2, 0.25) is 0 Å². The third-order valence-electron chi connectivity index (χ3n) is 3.53. The molecule has 0 radical (unpaired) electrons. The van der Waals surface area contributed by atoms with E-state index in [4.69, 9.17) is 11.6 Å². The molecule has 2 aromatic rings. The SMILES string of the molecule is FC(F)(F)c1cc(N2CCNCC2)nc(-c2cccc(Cl)c2)n1. The standard InChI is InChI=1S/C15H14ClF3N4/c16-11-3-1-2-10(8-11)14-21-12(15(17,18)19)9-13(22-14)23-6-4-20-5-7-23/h1-3,8-9,20H,4-7H2. The molecule has 0 atom stereocenters. The van der Waals surface area contributed by atoms with Gasteiger partial charge in [0.05, 0.1) is 0 Å². The molecule has 1 aliphatic rings. The molecule has 0 unspecified atom stereocenters. The van der Waals surface area contributed by atoms with E-state index in [1.54, 1.807) is 24.3 Å². The van der Waals surface area contributed by atoms with Crippen LogP contribution in [0.2, 0.25) is 5.02 Å². The summed E-state index contributed by atoms with van der Waals surface area (Å²) in [6.07, 6.45) is -4.53. The number of anilines is 1. The van der Waals surface area contributed by atoms with Gasteiger partial charge in [-0.3, -0.25) is 0 Å². The highest BCUT2D eigenvalue weighted by Gasteiger charge is 2.34. The van der Waals surface area contributed by atoms with Gasteiger partial charge >= 0.3 is 6.18 Å². The minimum atomic E-state index is -4.53. The van der Waals surface area contributed by atoms with Gasteiger partial charge in [0, 0.05) is 42.8 Å². The Morgan fingerprint density at radius 1 is 1.09 bits per heavy atom. The summed E-state index contributed by atoms with van der Waals surface area (Å²) in [6, 6.07) is 7.50. The van der Waals surface area contributed by atoms with Crippen molar-refractivity contribution in [3.63, 3.8) is 0 Å². The van der Waals surface area contributed by atoms with E-state index in [2.05, 4.69) is 15.3 Å². The lowest BCUT2D eigenvalue weighted by Gasteiger charge is -2.29. The summed E-state index contributed by atoms with van der Waals surface area (Å²) >= 11 is 5.92. The van der Waals surface area contributed by atoms with Crippen LogP contribution in [0.5, 0.6) is 0 Å². The van der Waals surface area contributed by atoms with Crippen LogP contribution in [0.4, 0.5) is 19.0 Å². The zero-order valence-electron chi connectivity index (χ0n) is 12.1. The smallest absolute Gasteiger partial charge is 0.354 e. The fourth-order valence-electron chi connectivity index (χ4n) is 2.39. The maximum atomic E-state index is 13.2. The predicted octanol–water partition coefficient (Wildman–Crippen LogP) is 3.23. The number of rotatable bonds is 2. The normalized spacial score (nSPS) is 15.7. The van der Waals surface area contributed by atoms with Crippen molar-refractivity contribution >= 4 is 17.4 Å². The zero-order chi connectivity index (χ0) is 16.4. The van der Waals surface area contributed by atoms with Gasteiger partial charge in [-0.25, -0.2) is 9.97 Å². The van der Waals surface area contributed by atoms with E-state index in [-0.39, 0.29) is 11.6 Å². The van der Waals surface area contributed by atoms with Gasteiger partial charge in [-0.1, -0.05) is 23.7 Å². The maximum Gasteiger partial charge on any atom is 0.433 e. The molecule has 1 aromatic carbocycles. The first-order chi connectivity index (χ1) is 10.9. The minimum Gasteiger partial charge on any atom is -0.354 e. The van der Waals surface area contributed by atoms with Crippen LogP contribution in [0, 0.1) is 0 Å². The lowest BCUT2D eigenvalue weighted by Crippen LogP contribution is -2.44. The number of nitrogens with zero attached hydrogens (tertiary/aromatic N) is 3. The first-order valence-electron chi connectivity index (χ1n) is 7.11. The third-order valence-corrected chi connectivity index (χ3v) is 3.76. The first-order valence-corrected chi connectivity index (χ1v) is 7.49. The molecule has 23 heavy (non-hydrogen) atoms. The van der Waals surface area contributed by atoms with E-state index in [9.17, 15) is 13.2 Å². The minimum absolute atomic E-state index is 0.0239. The maximum absolute atomic E-state index is 13.2. The van der Waals surface area contributed by atoms with E-state index in [1.807, 2.05) is 4.90 Å². The Hall–Kier alpha value is -1.86. The van der Waals surface area contributed by atoms with Crippen molar-refractivity contribution in [1.82, 2.24) is 15.3 Å². The van der Waals surface area contributed by atoms with Crippen LogP contribution in [-0.2, 0) is 6.18 Å². The van der Waals surface area contributed by atoms with Crippen molar-refractivity contribution in [3.05, 3.63) is 41.0 Å². The summed E-state index contributed by atoms with van der Waals surface area (Å²) in [5.74, 6) is 0.305. The summed E-state index contributed by atoms with van der Waals surface area (Å²) in [4.78, 5) is 9.81. The lowest BCUT2D eigenvalue weighted by molar-refractivity contribution is -0.141. The Balaban J connectivity index is 2.08. The van der Waals surface area contributed by atoms with Gasteiger partial charge in [0.25, 0.3) is 0 Å². The average Bonchev–Trinajstić information content (AvgIpc) is 2.54. The number of benzene rings is 1. The molecule has 0 amide bonds. The molecule has 2 heterocycles. The molecular formula is C15H14ClF3N4. The van der Waals surface area contributed by atoms with Crippen LogP contribution in [0.3, 0.4) is 0 Å². The number of hydrogen-bond acceptors (Lipinski definition) is 4. The van der Waals surface area contributed by atoms with Gasteiger partial charge in [0.1, 0.15) is 5.82 Å². The molecule has 1 N–H and O–H groups in total. The molecular weight excluding hydrogens is 329 g/mol. The fourth-order valence-corrected chi connectivity index (χ4v) is 2.58. The zero-order valence-corrected chi connectivity index (χ0v) is 12.8. The second-order valence-corrected chi connectivity index (χ2v) is 5.62. The summed E-state index contributed by atoms with van der Waals surface area (Å²) in [6.45, 7) is 2.61. The monoisotopic (exact) mass is 342 g/mol. The van der Waals surface area contributed by atoms with Crippen molar-refractivity contribution in [2.75, 3.05) is 31.1 Å². The number of nitrogens with one attached hydrogen (secondary N) is 1. The number of piperazine rings is 1. The van der Waals surface area contributed by atoms with Crippen LogP contribution >= 0.6 is 11.6 Å². The third kappa shape index (κ3) is 3.73. The molecule has 1 fully saturated rings. The van der Waals surface area contributed by atoms with Crippen molar-refractivity contribution in [2.24, 2.45) is 0 Å². The molecule has 1 saturated heterocycles. The Kier molecular flexibility index (Phi) is 4.41. The summed E-state index contributed by atoms with van der Waals surface area (Å²) in [5, 5.41) is 3.58. The highest BCUT2D eigenvalue weighted by Crippen LogP contribution is 2.32. The molecule has 0 saturated carbocycles. The van der Waals surface area contributed by atoms with Crippen molar-refractivity contribution < 1.29 is 13.2 Å². The molecule has 0 bridgehead atoms. The molecule has 4 nitrogen and oxygen atoms in total. The van der Waals surface area contributed by atoms with Crippen LogP contribution < -0.4 is 10.2 Å². The number of hydrogen-bond donors (Lipinski definition) is 1. The van der Waals surface area contributed by atoms with E-state index < -0.39 is 11.9 Å². The topological polar surface area (TPSA) is 41.0 Å². The summed E-state index contributed by atoms with van der Waals surface area (Å²) in [7, 11) is 0. The molecule has 8 heteroatoms. The van der Waals surface area contributed by atoms with E-state index >= 15 is 0 Å². The van der Waals surface area contributed by atoms with Gasteiger partial charge < -0.3 is 10.2 Å². The molecule has 0 aliphatic carbocycles. The molecule has 1 aromatic heterocycles. The van der Waals surface area contributed by atoms with Gasteiger partial charge in [0.15, 0.2) is 11.5 Å². The average molecular weight is 343 g/mol. The van der Waals surface area contributed by atoms with E-state index in [0.717, 1.165) is 6.07 Å². The molecule has 0 spiro atoms. The summed E-state index contributed by atoms with van der Waals surface area (Å²) < 4.78 is 39.5. The first kappa shape index (κ1) is 16.0. The largest absolute Gasteiger partial charge is 0.433 e. The second-order valence-electron chi connectivity index (χ2n) is 5.18. The number of halogens is 4. The van der Waals surface area contributed by atoms with Crippen LogP contribution in [0.1, 0.15) is 5.69 Å². The van der Waals surface area contributed by atoms with E-state index in [0.29, 0.717) is 36.8 Å². The Bertz CT molecular complexity index is 699. The van der Waals surface area contributed by atoms with E-state index in [1.165, 1.54) is 0 Å². The fraction of sp³-hybridized carbons (Fsp3) is 0.333. The van der Waals surface area contributed by atoms with Crippen molar-refractivity contribution in [1.29, 1.82) is 0 Å². The summed E-state index contributed by atoms with van der Waals surface area (Å²) in [5.41, 5.74) is -0.490. The quantitative estimate of drug-likeness (QED) is 0.909. The number of alkyl halides is 3. The van der Waals surface area contributed by atoms with Crippen molar-refractivity contribution in [2.45, 2.75) is 6.18 Å². The highest BCUT2D eigenvalue weighted by molar-refractivity contribution is 6.30. The highest BCUT2D eigenvalue weighted by atomic mass is 35.5. The predicted molar refractivity (Wildman–Crippen MR) is 82.6 cm³/mol. The van der Waals surface area contributed by atoms with Gasteiger partial charge in [-0.05, 0) is 12.1 Å². The lowest BCUT2D eigenvalue weighted by atomic mass is 10.2. The molecule has 122 valence electrons. The number of aromatic nitrogens is 2. The van der Waals surface area contributed by atoms with Crippen molar-refractivity contribution in [3.8, 4) is 11.4 Å². The van der Waals surface area contributed by atoms with Crippen LogP contribution in [-0.4, -0.2) is 36.1 Å². The Morgan fingerprint density at radius 3 is 2.48 bits per heavy atom. The van der Waals surface area contributed by atoms with Crippen LogP contribution in [0.15, 0.2) is 30.3 Å². The Labute approximate surface area is 136 Å². The molecule has 1 aliphatic heterocycles. The molecule has 3 rings (SSSR count). The Morgan fingerprint density at radius 2 is 1.83 bits per heavy atom. The van der Waals surface area contributed by atoms with Crippen LogP contribution in [0.25, 0.3) is 11.4 Å². The second kappa shape index (κ2) is 6.33.